The normalized spacial score (nSPS) is 10.3. The predicted molar refractivity (Wildman–Crippen MR) is 68.2 cm³/mol. The summed E-state index contributed by atoms with van der Waals surface area (Å²) in [7, 11) is 0. The molecule has 0 unspecified atom stereocenters. The average Bonchev–Trinajstić information content (AvgIpc) is 2.30. The van der Waals surface area contributed by atoms with Gasteiger partial charge in [-0.15, -0.1) is 0 Å². The maximum absolute atomic E-state index is 12.8. The second kappa shape index (κ2) is 5.19. The van der Waals surface area contributed by atoms with E-state index >= 15 is 0 Å². The van der Waals surface area contributed by atoms with Gasteiger partial charge in [0.15, 0.2) is 0 Å². The molecule has 0 saturated carbocycles. The van der Waals surface area contributed by atoms with Crippen LogP contribution in [0.5, 0.6) is 0 Å². The number of hydrogen-bond acceptors (Lipinski definition) is 1. The lowest BCUT2D eigenvalue weighted by Crippen LogP contribution is -1.99. The largest absolute Gasteiger partial charge is 0.481 e. The number of halogens is 2. The van der Waals surface area contributed by atoms with Gasteiger partial charge in [0.1, 0.15) is 5.82 Å². The third-order valence-corrected chi connectivity index (χ3v) is 2.86. The molecule has 0 aliphatic carbocycles. The Morgan fingerprint density at radius 2 is 1.83 bits per heavy atom. The van der Waals surface area contributed by atoms with Crippen LogP contribution in [0.25, 0.3) is 11.1 Å². The van der Waals surface area contributed by atoms with Crippen LogP contribution in [-0.2, 0) is 11.2 Å². The van der Waals surface area contributed by atoms with Crippen LogP contribution in [0.1, 0.15) is 5.56 Å². The van der Waals surface area contributed by atoms with Gasteiger partial charge in [-0.2, -0.15) is 0 Å². The first-order chi connectivity index (χ1) is 8.56. The van der Waals surface area contributed by atoms with Crippen LogP contribution in [0.2, 0.25) is 5.02 Å². The topological polar surface area (TPSA) is 37.3 Å². The summed E-state index contributed by atoms with van der Waals surface area (Å²) >= 11 is 6.10. The first-order valence-electron chi connectivity index (χ1n) is 5.32. The second-order valence-corrected chi connectivity index (χ2v) is 4.30. The van der Waals surface area contributed by atoms with Crippen molar-refractivity contribution in [1.29, 1.82) is 0 Å². The van der Waals surface area contributed by atoms with Crippen molar-refractivity contribution in [3.63, 3.8) is 0 Å². The lowest BCUT2D eigenvalue weighted by Gasteiger charge is -2.06. The van der Waals surface area contributed by atoms with Crippen molar-refractivity contribution in [3.8, 4) is 11.1 Å². The first kappa shape index (κ1) is 12.6. The maximum atomic E-state index is 12.8. The molecule has 0 aliphatic rings. The van der Waals surface area contributed by atoms with Crippen molar-refractivity contribution >= 4 is 17.6 Å². The first-order valence-corrected chi connectivity index (χ1v) is 5.70. The molecule has 0 atom stereocenters. The molecule has 0 aliphatic heterocycles. The molecule has 0 heterocycles. The average molecular weight is 265 g/mol. The third-order valence-electron chi connectivity index (χ3n) is 2.54. The minimum atomic E-state index is -0.902. The molecular weight excluding hydrogens is 255 g/mol. The van der Waals surface area contributed by atoms with Gasteiger partial charge < -0.3 is 5.11 Å². The van der Waals surface area contributed by atoms with Crippen molar-refractivity contribution in [3.05, 3.63) is 58.9 Å². The summed E-state index contributed by atoms with van der Waals surface area (Å²) in [6.07, 6.45) is -0.0661. The molecule has 0 saturated heterocycles. The van der Waals surface area contributed by atoms with Gasteiger partial charge in [0.25, 0.3) is 0 Å². The fourth-order valence-corrected chi connectivity index (χ4v) is 2.02. The molecule has 2 nitrogen and oxygen atoms in total. The number of carboxylic acids is 1. The molecule has 0 aromatic heterocycles. The Bertz CT molecular complexity index is 579. The standard InChI is InChI=1S/C14H10ClFO2/c15-13-7-9(8-14(17)18)1-6-12(13)10-2-4-11(16)5-3-10/h1-7H,8H2,(H,17,18). The van der Waals surface area contributed by atoms with E-state index in [1.807, 2.05) is 0 Å². The van der Waals surface area contributed by atoms with Crippen LogP contribution in [-0.4, -0.2) is 11.1 Å². The number of benzene rings is 2. The smallest absolute Gasteiger partial charge is 0.307 e. The van der Waals surface area contributed by atoms with Gasteiger partial charge >= 0.3 is 5.97 Å². The Hall–Kier alpha value is -1.87. The number of hydrogen-bond donors (Lipinski definition) is 1. The van der Waals surface area contributed by atoms with Crippen molar-refractivity contribution < 1.29 is 14.3 Å². The zero-order chi connectivity index (χ0) is 13.1. The van der Waals surface area contributed by atoms with E-state index in [0.29, 0.717) is 10.6 Å². The minimum Gasteiger partial charge on any atom is -0.481 e. The quantitative estimate of drug-likeness (QED) is 0.916. The highest BCUT2D eigenvalue weighted by Gasteiger charge is 2.07. The molecule has 0 amide bonds. The van der Waals surface area contributed by atoms with Crippen LogP contribution in [0.3, 0.4) is 0 Å². The van der Waals surface area contributed by atoms with E-state index in [4.69, 9.17) is 16.7 Å². The highest BCUT2D eigenvalue weighted by molar-refractivity contribution is 6.33. The Labute approximate surface area is 109 Å². The van der Waals surface area contributed by atoms with Crippen LogP contribution >= 0.6 is 11.6 Å². The van der Waals surface area contributed by atoms with Crippen molar-refractivity contribution in [2.45, 2.75) is 6.42 Å². The fraction of sp³-hybridized carbons (Fsp3) is 0.0714. The van der Waals surface area contributed by atoms with Gasteiger partial charge in [0.2, 0.25) is 0 Å². The Kier molecular flexibility index (Phi) is 3.63. The van der Waals surface area contributed by atoms with Gasteiger partial charge in [-0.1, -0.05) is 35.9 Å². The van der Waals surface area contributed by atoms with Crippen molar-refractivity contribution in [2.24, 2.45) is 0 Å². The van der Waals surface area contributed by atoms with E-state index in [1.54, 1.807) is 30.3 Å². The second-order valence-electron chi connectivity index (χ2n) is 3.89. The van der Waals surface area contributed by atoms with Gasteiger partial charge in [0, 0.05) is 10.6 Å². The number of rotatable bonds is 3. The van der Waals surface area contributed by atoms with E-state index in [-0.39, 0.29) is 12.2 Å². The summed E-state index contributed by atoms with van der Waals surface area (Å²) in [6.45, 7) is 0. The summed E-state index contributed by atoms with van der Waals surface area (Å²) in [5.74, 6) is -1.21. The predicted octanol–water partition coefficient (Wildman–Crippen LogP) is 3.77. The van der Waals surface area contributed by atoms with E-state index in [0.717, 1.165) is 11.1 Å². The van der Waals surface area contributed by atoms with Gasteiger partial charge in [-0.25, -0.2) is 4.39 Å². The monoisotopic (exact) mass is 264 g/mol. The molecule has 2 aromatic rings. The highest BCUT2D eigenvalue weighted by atomic mass is 35.5. The van der Waals surface area contributed by atoms with E-state index in [9.17, 15) is 9.18 Å². The molecule has 18 heavy (non-hydrogen) atoms. The molecule has 2 aromatic carbocycles. The molecule has 0 fully saturated rings. The summed E-state index contributed by atoms with van der Waals surface area (Å²) in [6, 6.07) is 11.1. The van der Waals surface area contributed by atoms with Gasteiger partial charge in [-0.3, -0.25) is 4.79 Å². The summed E-state index contributed by atoms with van der Waals surface area (Å²) in [5, 5.41) is 9.15. The Morgan fingerprint density at radius 1 is 1.17 bits per heavy atom. The lowest BCUT2D eigenvalue weighted by molar-refractivity contribution is -0.136. The summed E-state index contributed by atoms with van der Waals surface area (Å²) in [4.78, 5) is 10.6. The van der Waals surface area contributed by atoms with E-state index in [2.05, 4.69) is 0 Å². The Morgan fingerprint density at radius 3 is 2.39 bits per heavy atom. The third kappa shape index (κ3) is 2.87. The Balaban J connectivity index is 2.35. The number of carbonyl (C=O) groups is 1. The fourth-order valence-electron chi connectivity index (χ4n) is 1.71. The molecule has 1 N–H and O–H groups in total. The van der Waals surface area contributed by atoms with Gasteiger partial charge in [-0.05, 0) is 29.3 Å². The SMILES string of the molecule is O=C(O)Cc1ccc(-c2ccc(F)cc2)c(Cl)c1. The summed E-state index contributed by atoms with van der Waals surface area (Å²) in [5.41, 5.74) is 2.19. The molecule has 2 rings (SSSR count). The van der Waals surface area contributed by atoms with Crippen LogP contribution in [0, 0.1) is 5.82 Å². The molecule has 0 radical (unpaired) electrons. The number of carboxylic acid groups (broad SMARTS) is 1. The molecule has 0 spiro atoms. The van der Waals surface area contributed by atoms with Crippen LogP contribution in [0.4, 0.5) is 4.39 Å². The van der Waals surface area contributed by atoms with E-state index < -0.39 is 5.97 Å². The number of aliphatic carboxylic acids is 1. The summed E-state index contributed by atoms with van der Waals surface area (Å²) < 4.78 is 12.8. The highest BCUT2D eigenvalue weighted by Crippen LogP contribution is 2.29. The molecular formula is C14H10ClFO2. The zero-order valence-corrected chi connectivity index (χ0v) is 10.1. The van der Waals surface area contributed by atoms with Crippen molar-refractivity contribution in [1.82, 2.24) is 0 Å². The van der Waals surface area contributed by atoms with Crippen LogP contribution < -0.4 is 0 Å². The zero-order valence-electron chi connectivity index (χ0n) is 9.36. The minimum absolute atomic E-state index is 0.0661. The lowest BCUT2D eigenvalue weighted by atomic mass is 10.0. The van der Waals surface area contributed by atoms with E-state index in [1.165, 1.54) is 12.1 Å². The van der Waals surface area contributed by atoms with Gasteiger partial charge in [0.05, 0.1) is 6.42 Å². The van der Waals surface area contributed by atoms with Crippen molar-refractivity contribution in [2.75, 3.05) is 0 Å². The van der Waals surface area contributed by atoms with Crippen LogP contribution in [0.15, 0.2) is 42.5 Å². The molecule has 4 heteroatoms. The molecule has 92 valence electrons. The molecule has 0 bridgehead atoms. The maximum Gasteiger partial charge on any atom is 0.307 e.